The molecule has 0 bridgehead atoms. The first-order valence-electron chi connectivity index (χ1n) is 8.72. The second kappa shape index (κ2) is 14.8. The van der Waals surface area contributed by atoms with Crippen molar-refractivity contribution in [2.75, 3.05) is 19.6 Å². The Kier molecular flexibility index (Phi) is 13.4. The van der Waals surface area contributed by atoms with Gasteiger partial charge in [0.05, 0.1) is 28.8 Å². The maximum absolute atomic E-state index is 11.7. The number of rotatable bonds is 8. The monoisotopic (exact) mass is 456 g/mol. The van der Waals surface area contributed by atoms with Crippen LogP contribution in [0.1, 0.15) is 41.4 Å². The third-order valence-electron chi connectivity index (χ3n) is 3.56. The standard InChI is InChI=1S/C12H14N2O5.C8H6O4.Na.H/c13-5-6-14-7-10(15)19-12(18)9-4-2-1-3-8(9)11(16)17;9-7(10)5-3-1-2-4-6(5)8(11)12;;/h1-4,14H,5-7,13H2,(H,16,17);1-4H,(H,9,10)(H,11,12);;. The maximum atomic E-state index is 11.7. The molecule has 0 aromatic heterocycles. The molecule has 0 amide bonds. The van der Waals surface area contributed by atoms with Crippen LogP contribution < -0.4 is 11.1 Å². The molecule has 11 nitrogen and oxygen atoms in total. The van der Waals surface area contributed by atoms with Crippen LogP contribution in [0.25, 0.3) is 0 Å². The van der Waals surface area contributed by atoms with Crippen LogP contribution in [0.5, 0.6) is 0 Å². The molecule has 2 aromatic rings. The number of aromatic carboxylic acids is 3. The van der Waals surface area contributed by atoms with Crippen molar-refractivity contribution >= 4 is 59.4 Å². The summed E-state index contributed by atoms with van der Waals surface area (Å²) >= 11 is 0. The molecule has 0 fully saturated rings. The van der Waals surface area contributed by atoms with Gasteiger partial charge in [-0.15, -0.1) is 0 Å². The molecule has 0 heterocycles. The second-order valence-electron chi connectivity index (χ2n) is 5.73. The number of carboxylic acid groups (broad SMARTS) is 3. The predicted octanol–water partition coefficient (Wildman–Crippen LogP) is 0.0510. The SMILES string of the molecule is NCCNCC(=O)OC(=O)c1ccccc1C(=O)O.O=C(O)c1ccccc1C(=O)O.[NaH]. The van der Waals surface area contributed by atoms with Gasteiger partial charge in [-0.2, -0.15) is 0 Å². The van der Waals surface area contributed by atoms with E-state index in [9.17, 15) is 24.0 Å². The molecule has 12 heteroatoms. The molecular formula is C20H21N2NaO9. The molecule has 0 unspecified atom stereocenters. The molecule has 166 valence electrons. The molecule has 0 atom stereocenters. The summed E-state index contributed by atoms with van der Waals surface area (Å²) in [5, 5.41) is 28.7. The van der Waals surface area contributed by atoms with Gasteiger partial charge in [0.15, 0.2) is 0 Å². The van der Waals surface area contributed by atoms with Crippen molar-refractivity contribution in [3.8, 4) is 0 Å². The summed E-state index contributed by atoms with van der Waals surface area (Å²) in [6, 6.07) is 11.0. The number of nitrogens with two attached hydrogens (primary N) is 1. The minimum atomic E-state index is -1.26. The van der Waals surface area contributed by atoms with Gasteiger partial charge in [-0.1, -0.05) is 24.3 Å². The first-order valence-corrected chi connectivity index (χ1v) is 8.72. The molecule has 0 aliphatic carbocycles. The number of carbonyl (C=O) groups is 5. The van der Waals surface area contributed by atoms with Crippen molar-refractivity contribution in [2.45, 2.75) is 0 Å². The van der Waals surface area contributed by atoms with Crippen LogP contribution in [-0.2, 0) is 9.53 Å². The Hall–Kier alpha value is -3.09. The summed E-state index contributed by atoms with van der Waals surface area (Å²) in [7, 11) is 0. The van der Waals surface area contributed by atoms with E-state index in [1.165, 1.54) is 48.5 Å². The van der Waals surface area contributed by atoms with Gasteiger partial charge < -0.3 is 31.1 Å². The average molecular weight is 456 g/mol. The molecular weight excluding hydrogens is 435 g/mol. The van der Waals surface area contributed by atoms with Crippen molar-refractivity contribution in [3.05, 3.63) is 70.8 Å². The molecule has 0 saturated carbocycles. The topological polar surface area (TPSA) is 193 Å². The second-order valence-corrected chi connectivity index (χ2v) is 5.73. The van der Waals surface area contributed by atoms with Gasteiger partial charge in [-0.3, -0.25) is 4.79 Å². The Balaban J connectivity index is 0.000000639. The Bertz CT molecular complexity index is 946. The van der Waals surface area contributed by atoms with Gasteiger partial charge in [0.25, 0.3) is 0 Å². The molecule has 0 saturated heterocycles. The molecule has 32 heavy (non-hydrogen) atoms. The van der Waals surface area contributed by atoms with E-state index in [1.54, 1.807) is 0 Å². The minimum absolute atomic E-state index is 0. The van der Waals surface area contributed by atoms with Gasteiger partial charge in [0.1, 0.15) is 0 Å². The Morgan fingerprint density at radius 3 is 1.50 bits per heavy atom. The van der Waals surface area contributed by atoms with E-state index in [1.807, 2.05) is 0 Å². The number of hydrogen-bond donors (Lipinski definition) is 5. The zero-order valence-electron chi connectivity index (χ0n) is 16.1. The van der Waals surface area contributed by atoms with Gasteiger partial charge in [0, 0.05) is 13.1 Å². The van der Waals surface area contributed by atoms with Crippen molar-refractivity contribution < 1.29 is 44.0 Å². The summed E-state index contributed by atoms with van der Waals surface area (Å²) < 4.78 is 4.53. The Labute approximate surface area is 204 Å². The van der Waals surface area contributed by atoms with Crippen LogP contribution >= 0.6 is 0 Å². The molecule has 0 aliphatic heterocycles. The normalized spacial score (nSPS) is 9.41. The fraction of sp³-hybridized carbons (Fsp3) is 0.150. The van der Waals surface area contributed by atoms with Gasteiger partial charge in [-0.25, -0.2) is 19.2 Å². The fourth-order valence-electron chi connectivity index (χ4n) is 2.19. The summed E-state index contributed by atoms with van der Waals surface area (Å²) in [4.78, 5) is 54.8. The van der Waals surface area contributed by atoms with Crippen LogP contribution in [-0.4, -0.2) is 94.4 Å². The van der Waals surface area contributed by atoms with E-state index < -0.39 is 29.8 Å². The molecule has 0 aliphatic rings. The van der Waals surface area contributed by atoms with Crippen LogP contribution in [0.3, 0.4) is 0 Å². The van der Waals surface area contributed by atoms with Crippen molar-refractivity contribution in [3.63, 3.8) is 0 Å². The van der Waals surface area contributed by atoms with E-state index in [-0.39, 0.29) is 58.4 Å². The van der Waals surface area contributed by atoms with Crippen LogP contribution in [0.15, 0.2) is 48.5 Å². The average Bonchev–Trinajstić information content (AvgIpc) is 2.74. The van der Waals surface area contributed by atoms with Crippen LogP contribution in [0, 0.1) is 0 Å². The van der Waals surface area contributed by atoms with Gasteiger partial charge in [-0.05, 0) is 24.3 Å². The summed E-state index contributed by atoms with van der Waals surface area (Å²) in [6.45, 7) is 0.594. The van der Waals surface area contributed by atoms with E-state index in [2.05, 4.69) is 10.1 Å². The van der Waals surface area contributed by atoms with Crippen LogP contribution in [0.4, 0.5) is 0 Å². The molecule has 2 aromatic carbocycles. The van der Waals surface area contributed by atoms with Gasteiger partial charge in [0.2, 0.25) is 0 Å². The third kappa shape index (κ3) is 9.37. The summed E-state index contributed by atoms with van der Waals surface area (Å²) in [5.41, 5.74) is 4.46. The van der Waals surface area contributed by atoms with E-state index in [4.69, 9.17) is 21.1 Å². The molecule has 0 radical (unpaired) electrons. The van der Waals surface area contributed by atoms with Crippen LogP contribution in [0.2, 0.25) is 0 Å². The quantitative estimate of drug-likeness (QED) is 0.156. The zero-order chi connectivity index (χ0) is 23.4. The zero-order valence-corrected chi connectivity index (χ0v) is 16.1. The van der Waals surface area contributed by atoms with Crippen molar-refractivity contribution in [2.24, 2.45) is 5.73 Å². The van der Waals surface area contributed by atoms with E-state index in [0.29, 0.717) is 13.1 Å². The summed E-state index contributed by atoms with van der Waals surface area (Å²) in [5.74, 6) is -5.50. The fourth-order valence-corrected chi connectivity index (χ4v) is 2.19. The van der Waals surface area contributed by atoms with E-state index in [0.717, 1.165) is 0 Å². The number of hydrogen-bond acceptors (Lipinski definition) is 8. The number of nitrogens with one attached hydrogen (secondary N) is 1. The van der Waals surface area contributed by atoms with Crippen molar-refractivity contribution in [1.82, 2.24) is 5.32 Å². The molecule has 0 spiro atoms. The number of benzene rings is 2. The number of carbonyl (C=O) groups excluding carboxylic acids is 2. The number of ether oxygens (including phenoxy) is 1. The van der Waals surface area contributed by atoms with E-state index >= 15 is 0 Å². The number of carboxylic acids is 3. The molecule has 2 rings (SSSR count). The Morgan fingerprint density at radius 2 is 1.12 bits per heavy atom. The first-order chi connectivity index (χ1) is 14.7. The number of esters is 2. The Morgan fingerprint density at radius 1 is 0.750 bits per heavy atom. The predicted molar refractivity (Wildman–Crippen MR) is 113 cm³/mol. The third-order valence-corrected chi connectivity index (χ3v) is 3.56. The summed E-state index contributed by atoms with van der Waals surface area (Å²) in [6.07, 6.45) is 0. The molecule has 6 N–H and O–H groups in total. The van der Waals surface area contributed by atoms with Crippen molar-refractivity contribution in [1.29, 1.82) is 0 Å². The first kappa shape index (κ1) is 28.9. The van der Waals surface area contributed by atoms with Gasteiger partial charge >= 0.3 is 59.4 Å².